The number of likely N-dealkylation sites (tertiary alicyclic amines) is 2. The summed E-state index contributed by atoms with van der Waals surface area (Å²) >= 11 is 0. The van der Waals surface area contributed by atoms with Crippen molar-refractivity contribution in [3.8, 4) is 0 Å². The summed E-state index contributed by atoms with van der Waals surface area (Å²) < 4.78 is 5.34. The van der Waals surface area contributed by atoms with Gasteiger partial charge in [0.25, 0.3) is 0 Å². The molecular formula is C24H32N4O2. The average molecular weight is 409 g/mol. The third-order valence-corrected chi connectivity index (χ3v) is 6.26. The summed E-state index contributed by atoms with van der Waals surface area (Å²) in [4.78, 5) is 22.0. The number of piperidine rings is 2. The predicted molar refractivity (Wildman–Crippen MR) is 118 cm³/mol. The molecule has 2 saturated heterocycles. The first kappa shape index (κ1) is 20.8. The van der Waals surface area contributed by atoms with Gasteiger partial charge in [0.1, 0.15) is 5.76 Å². The molecule has 30 heavy (non-hydrogen) atoms. The van der Waals surface area contributed by atoms with Gasteiger partial charge in [-0.05, 0) is 75.7 Å². The SMILES string of the molecule is O=C(NCc1ccccn1)[C@H]1CCCN(C2CCN(C/C=C/c3ccco3)CC2)C1. The second kappa shape index (κ2) is 10.5. The first-order chi connectivity index (χ1) is 14.8. The number of pyridine rings is 1. The summed E-state index contributed by atoms with van der Waals surface area (Å²) in [5, 5.41) is 3.08. The number of carbonyl (C=O) groups excluding carboxylic acids is 1. The Balaban J connectivity index is 1.19. The molecule has 2 aromatic heterocycles. The van der Waals surface area contributed by atoms with E-state index in [1.54, 1.807) is 12.5 Å². The lowest BCUT2D eigenvalue weighted by Gasteiger charge is -2.41. The van der Waals surface area contributed by atoms with Crippen LogP contribution in [-0.2, 0) is 11.3 Å². The number of amides is 1. The van der Waals surface area contributed by atoms with Gasteiger partial charge in [0, 0.05) is 25.3 Å². The van der Waals surface area contributed by atoms with E-state index in [0.717, 1.165) is 57.0 Å². The minimum Gasteiger partial charge on any atom is -0.465 e. The molecule has 0 spiro atoms. The molecule has 2 aromatic rings. The van der Waals surface area contributed by atoms with E-state index in [4.69, 9.17) is 4.42 Å². The average Bonchev–Trinajstić information content (AvgIpc) is 3.32. The highest BCUT2D eigenvalue weighted by Gasteiger charge is 2.31. The van der Waals surface area contributed by atoms with Crippen molar-refractivity contribution in [2.24, 2.45) is 5.92 Å². The van der Waals surface area contributed by atoms with Crippen molar-refractivity contribution in [3.63, 3.8) is 0 Å². The Morgan fingerprint density at radius 1 is 1.17 bits per heavy atom. The maximum atomic E-state index is 12.7. The topological polar surface area (TPSA) is 61.6 Å². The molecule has 0 aliphatic carbocycles. The lowest BCUT2D eigenvalue weighted by atomic mass is 9.93. The van der Waals surface area contributed by atoms with E-state index in [9.17, 15) is 4.79 Å². The highest BCUT2D eigenvalue weighted by atomic mass is 16.3. The number of furan rings is 1. The van der Waals surface area contributed by atoms with Crippen molar-refractivity contribution < 1.29 is 9.21 Å². The standard InChI is InChI=1S/C24H32N4O2/c29-24(26-18-21-7-1-2-12-25-21)20-6-3-14-28(19-20)22-10-15-27(16-11-22)13-4-8-23-9-5-17-30-23/h1-2,4-5,7-9,12,17,20,22H,3,6,10-11,13-16,18-19H2,(H,26,29)/b8-4+/t20-/m0/s1. The Kier molecular flexibility index (Phi) is 7.32. The van der Waals surface area contributed by atoms with Crippen LogP contribution in [0.15, 0.2) is 53.3 Å². The number of carbonyl (C=O) groups is 1. The van der Waals surface area contributed by atoms with E-state index >= 15 is 0 Å². The number of hydrogen-bond donors (Lipinski definition) is 1. The number of rotatable bonds is 7. The fourth-order valence-corrected chi connectivity index (χ4v) is 4.55. The largest absolute Gasteiger partial charge is 0.465 e. The van der Waals surface area contributed by atoms with Crippen LogP contribution in [0, 0.1) is 5.92 Å². The molecule has 2 aliphatic heterocycles. The zero-order valence-corrected chi connectivity index (χ0v) is 17.6. The second-order valence-electron chi connectivity index (χ2n) is 8.32. The third-order valence-electron chi connectivity index (χ3n) is 6.26. The molecule has 160 valence electrons. The third kappa shape index (κ3) is 5.80. The molecule has 0 unspecified atom stereocenters. The molecule has 1 N–H and O–H groups in total. The maximum Gasteiger partial charge on any atom is 0.224 e. The van der Waals surface area contributed by atoms with Crippen LogP contribution in [0.1, 0.15) is 37.1 Å². The number of aromatic nitrogens is 1. The van der Waals surface area contributed by atoms with E-state index < -0.39 is 0 Å². The lowest BCUT2D eigenvalue weighted by molar-refractivity contribution is -0.127. The normalized spacial score (nSPS) is 21.8. The van der Waals surface area contributed by atoms with Crippen LogP contribution < -0.4 is 5.32 Å². The van der Waals surface area contributed by atoms with Crippen molar-refractivity contribution in [2.45, 2.75) is 38.3 Å². The fraction of sp³-hybridized carbons (Fsp3) is 0.500. The second-order valence-corrected chi connectivity index (χ2v) is 8.32. The van der Waals surface area contributed by atoms with E-state index in [1.165, 1.54) is 12.8 Å². The van der Waals surface area contributed by atoms with Gasteiger partial charge in [0.15, 0.2) is 0 Å². The van der Waals surface area contributed by atoms with Gasteiger partial charge >= 0.3 is 0 Å². The Morgan fingerprint density at radius 3 is 2.83 bits per heavy atom. The molecule has 6 heteroatoms. The summed E-state index contributed by atoms with van der Waals surface area (Å²) in [5.41, 5.74) is 0.909. The summed E-state index contributed by atoms with van der Waals surface area (Å²) in [6.45, 7) is 5.71. The van der Waals surface area contributed by atoms with E-state index in [-0.39, 0.29) is 11.8 Å². The molecule has 1 amide bonds. The Bertz CT molecular complexity index is 798. The molecule has 2 fully saturated rings. The van der Waals surface area contributed by atoms with Crippen LogP contribution in [0.25, 0.3) is 6.08 Å². The van der Waals surface area contributed by atoms with Crippen LogP contribution in [0.3, 0.4) is 0 Å². The van der Waals surface area contributed by atoms with Crippen LogP contribution in [0.2, 0.25) is 0 Å². The maximum absolute atomic E-state index is 12.7. The van der Waals surface area contributed by atoms with Gasteiger partial charge in [-0.3, -0.25) is 19.6 Å². The van der Waals surface area contributed by atoms with Gasteiger partial charge in [-0.25, -0.2) is 0 Å². The Hall–Kier alpha value is -2.44. The first-order valence-electron chi connectivity index (χ1n) is 11.1. The van der Waals surface area contributed by atoms with Crippen molar-refractivity contribution in [3.05, 3.63) is 60.3 Å². The van der Waals surface area contributed by atoms with Crippen molar-refractivity contribution in [1.82, 2.24) is 20.1 Å². The highest BCUT2D eigenvalue weighted by molar-refractivity contribution is 5.78. The van der Waals surface area contributed by atoms with E-state index in [1.807, 2.05) is 36.4 Å². The monoisotopic (exact) mass is 408 g/mol. The van der Waals surface area contributed by atoms with E-state index in [0.29, 0.717) is 12.6 Å². The van der Waals surface area contributed by atoms with Crippen LogP contribution in [-0.4, -0.2) is 59.5 Å². The van der Waals surface area contributed by atoms with Gasteiger partial charge in [0.05, 0.1) is 24.4 Å². The summed E-state index contributed by atoms with van der Waals surface area (Å²) in [6, 6.07) is 10.3. The van der Waals surface area contributed by atoms with Gasteiger partial charge in [-0.1, -0.05) is 12.1 Å². The predicted octanol–water partition coefficient (Wildman–Crippen LogP) is 3.18. The molecule has 4 rings (SSSR count). The van der Waals surface area contributed by atoms with Gasteiger partial charge in [-0.15, -0.1) is 0 Å². The fourth-order valence-electron chi connectivity index (χ4n) is 4.55. The number of nitrogens with one attached hydrogen (secondary N) is 1. The highest BCUT2D eigenvalue weighted by Crippen LogP contribution is 2.24. The van der Waals surface area contributed by atoms with Gasteiger partial charge in [-0.2, -0.15) is 0 Å². The van der Waals surface area contributed by atoms with Gasteiger partial charge in [0.2, 0.25) is 5.91 Å². The van der Waals surface area contributed by atoms with Crippen molar-refractivity contribution >= 4 is 12.0 Å². The minimum absolute atomic E-state index is 0.0942. The smallest absolute Gasteiger partial charge is 0.224 e. The zero-order chi connectivity index (χ0) is 20.6. The molecule has 0 radical (unpaired) electrons. The molecule has 0 aromatic carbocycles. The molecule has 4 heterocycles. The zero-order valence-electron chi connectivity index (χ0n) is 17.6. The summed E-state index contributed by atoms with van der Waals surface area (Å²) in [7, 11) is 0. The van der Waals surface area contributed by atoms with E-state index in [2.05, 4.69) is 26.2 Å². The molecule has 0 bridgehead atoms. The van der Waals surface area contributed by atoms with Crippen LogP contribution >= 0.6 is 0 Å². The van der Waals surface area contributed by atoms with Crippen LogP contribution in [0.5, 0.6) is 0 Å². The lowest BCUT2D eigenvalue weighted by Crippen LogP contribution is -2.50. The number of hydrogen-bond acceptors (Lipinski definition) is 5. The Labute approximate surface area is 179 Å². The van der Waals surface area contributed by atoms with Crippen molar-refractivity contribution in [1.29, 1.82) is 0 Å². The molecular weight excluding hydrogens is 376 g/mol. The van der Waals surface area contributed by atoms with Crippen LogP contribution in [0.4, 0.5) is 0 Å². The first-order valence-corrected chi connectivity index (χ1v) is 11.1. The summed E-state index contributed by atoms with van der Waals surface area (Å²) in [6.07, 6.45) is 12.1. The Morgan fingerprint density at radius 2 is 2.07 bits per heavy atom. The molecule has 6 nitrogen and oxygen atoms in total. The molecule has 2 aliphatic rings. The van der Waals surface area contributed by atoms with Crippen molar-refractivity contribution in [2.75, 3.05) is 32.7 Å². The minimum atomic E-state index is 0.0942. The summed E-state index contributed by atoms with van der Waals surface area (Å²) in [5.74, 6) is 1.17. The van der Waals surface area contributed by atoms with Gasteiger partial charge < -0.3 is 9.73 Å². The number of nitrogens with zero attached hydrogens (tertiary/aromatic N) is 3. The molecule has 1 atom stereocenters. The quantitative estimate of drug-likeness (QED) is 0.762. The molecule has 0 saturated carbocycles.